The molecule has 0 atom stereocenters. The first-order valence-corrected chi connectivity index (χ1v) is 5.39. The molecule has 0 radical (unpaired) electrons. The first kappa shape index (κ1) is 11.9. The van der Waals surface area contributed by atoms with Crippen molar-refractivity contribution in [3.8, 4) is 0 Å². The number of nitrogens with zero attached hydrogens (tertiary/aromatic N) is 2. The monoisotopic (exact) mass is 271 g/mol. The highest BCUT2D eigenvalue weighted by Crippen LogP contribution is 2.29. The first-order valence-electron chi connectivity index (χ1n) is 4.63. The van der Waals surface area contributed by atoms with E-state index in [1.54, 1.807) is 12.1 Å². The number of hydrogen-bond donors (Lipinski definition) is 2. The van der Waals surface area contributed by atoms with Gasteiger partial charge in [-0.1, -0.05) is 23.2 Å². The number of aromatic nitrogens is 2. The van der Waals surface area contributed by atoms with Crippen LogP contribution in [0.3, 0.4) is 0 Å². The van der Waals surface area contributed by atoms with E-state index in [1.807, 2.05) is 0 Å². The van der Waals surface area contributed by atoms with E-state index in [0.29, 0.717) is 26.8 Å². The molecule has 0 fully saturated rings. The lowest BCUT2D eigenvalue weighted by Crippen LogP contribution is -2.13. The van der Waals surface area contributed by atoms with Crippen molar-refractivity contribution < 1.29 is 9.90 Å². The third-order valence-corrected chi connectivity index (χ3v) is 2.57. The van der Waals surface area contributed by atoms with Crippen LogP contribution in [0.15, 0.2) is 18.5 Å². The third-order valence-electron chi connectivity index (χ3n) is 2.06. The Hall–Kier alpha value is -1.59. The average Bonchev–Trinajstić information content (AvgIpc) is 2.26. The molecule has 5 nitrogen and oxygen atoms in total. The molecule has 1 aromatic carbocycles. The van der Waals surface area contributed by atoms with Crippen LogP contribution in [0.25, 0.3) is 10.9 Å². The van der Waals surface area contributed by atoms with Crippen LogP contribution < -0.4 is 5.32 Å². The van der Waals surface area contributed by atoms with Crippen LogP contribution in [0.2, 0.25) is 10.0 Å². The first-order chi connectivity index (χ1) is 8.08. The number of carboxylic acids is 1. The maximum Gasteiger partial charge on any atom is 0.322 e. The lowest BCUT2D eigenvalue weighted by molar-refractivity contribution is -0.134. The molecule has 0 unspecified atom stereocenters. The number of rotatable bonds is 3. The van der Waals surface area contributed by atoms with Gasteiger partial charge >= 0.3 is 5.97 Å². The zero-order valence-corrected chi connectivity index (χ0v) is 9.96. The molecule has 1 heterocycles. The smallest absolute Gasteiger partial charge is 0.322 e. The van der Waals surface area contributed by atoms with Gasteiger partial charge in [0.1, 0.15) is 18.7 Å². The van der Waals surface area contributed by atoms with E-state index in [2.05, 4.69) is 15.3 Å². The van der Waals surface area contributed by atoms with Crippen molar-refractivity contribution in [2.45, 2.75) is 0 Å². The average molecular weight is 272 g/mol. The predicted molar refractivity (Wildman–Crippen MR) is 65.7 cm³/mol. The summed E-state index contributed by atoms with van der Waals surface area (Å²) in [5.41, 5.74) is 0.527. The van der Waals surface area contributed by atoms with Crippen molar-refractivity contribution in [1.29, 1.82) is 0 Å². The largest absolute Gasteiger partial charge is 0.480 e. The van der Waals surface area contributed by atoms with Crippen LogP contribution in [-0.4, -0.2) is 27.6 Å². The van der Waals surface area contributed by atoms with Crippen molar-refractivity contribution in [3.05, 3.63) is 28.5 Å². The lowest BCUT2D eigenvalue weighted by Gasteiger charge is -2.07. The standard InChI is InChI=1S/C10H7Cl2N3O2/c11-5-1-6-9(7(12)2-5)14-4-15-10(6)13-3-8(16)17/h1-2,4H,3H2,(H,16,17)(H,13,14,15). The number of hydrogen-bond acceptors (Lipinski definition) is 4. The molecule has 0 aliphatic carbocycles. The summed E-state index contributed by atoms with van der Waals surface area (Å²) >= 11 is 11.9. The van der Waals surface area contributed by atoms with Crippen LogP contribution in [0.1, 0.15) is 0 Å². The number of carboxylic acid groups (broad SMARTS) is 1. The Morgan fingerprint density at radius 3 is 2.82 bits per heavy atom. The summed E-state index contributed by atoms with van der Waals surface area (Å²) in [6, 6.07) is 3.20. The van der Waals surface area contributed by atoms with E-state index in [1.165, 1.54) is 6.33 Å². The molecular formula is C10H7Cl2N3O2. The van der Waals surface area contributed by atoms with E-state index >= 15 is 0 Å². The van der Waals surface area contributed by atoms with Gasteiger partial charge in [-0.25, -0.2) is 9.97 Å². The Labute approximate surface area is 106 Å². The van der Waals surface area contributed by atoms with E-state index in [0.717, 1.165) is 0 Å². The van der Waals surface area contributed by atoms with Gasteiger partial charge in [0.25, 0.3) is 0 Å². The Kier molecular flexibility index (Phi) is 3.31. The Morgan fingerprint density at radius 1 is 1.35 bits per heavy atom. The molecule has 0 saturated heterocycles. The minimum Gasteiger partial charge on any atom is -0.480 e. The fraction of sp³-hybridized carbons (Fsp3) is 0.100. The third kappa shape index (κ3) is 2.57. The quantitative estimate of drug-likeness (QED) is 0.897. The van der Waals surface area contributed by atoms with Crippen LogP contribution >= 0.6 is 23.2 Å². The fourth-order valence-electron chi connectivity index (χ4n) is 1.39. The van der Waals surface area contributed by atoms with E-state index in [-0.39, 0.29) is 6.54 Å². The van der Waals surface area contributed by atoms with Gasteiger partial charge in [-0.2, -0.15) is 0 Å². The van der Waals surface area contributed by atoms with Gasteiger partial charge in [-0.15, -0.1) is 0 Å². The molecular weight excluding hydrogens is 265 g/mol. The molecule has 17 heavy (non-hydrogen) atoms. The van der Waals surface area contributed by atoms with Gasteiger partial charge in [-0.05, 0) is 12.1 Å². The minimum absolute atomic E-state index is 0.240. The van der Waals surface area contributed by atoms with Crippen LogP contribution in [0.5, 0.6) is 0 Å². The van der Waals surface area contributed by atoms with Gasteiger partial charge in [0.2, 0.25) is 0 Å². The molecule has 7 heteroatoms. The normalized spacial score (nSPS) is 10.5. The van der Waals surface area contributed by atoms with Gasteiger partial charge in [0.15, 0.2) is 0 Å². The molecule has 88 valence electrons. The predicted octanol–water partition coefficient (Wildman–Crippen LogP) is 2.43. The van der Waals surface area contributed by atoms with Gasteiger partial charge < -0.3 is 10.4 Å². The summed E-state index contributed by atoms with van der Waals surface area (Å²) in [6.45, 7) is -0.240. The van der Waals surface area contributed by atoms with E-state index < -0.39 is 5.97 Å². The zero-order valence-electron chi connectivity index (χ0n) is 8.44. The SMILES string of the molecule is O=C(O)CNc1ncnc2c(Cl)cc(Cl)cc12. The van der Waals surface area contributed by atoms with E-state index in [9.17, 15) is 4.79 Å². The van der Waals surface area contributed by atoms with Crippen LogP contribution in [0, 0.1) is 0 Å². The van der Waals surface area contributed by atoms with Crippen molar-refractivity contribution in [3.63, 3.8) is 0 Å². The molecule has 0 aliphatic rings. The van der Waals surface area contributed by atoms with Crippen LogP contribution in [0.4, 0.5) is 5.82 Å². The molecule has 0 aliphatic heterocycles. The molecule has 0 amide bonds. The van der Waals surface area contributed by atoms with Crippen molar-refractivity contribution in [2.75, 3.05) is 11.9 Å². The van der Waals surface area contributed by atoms with Crippen molar-refractivity contribution in [2.24, 2.45) is 0 Å². The number of fused-ring (bicyclic) bond motifs is 1. The Bertz CT molecular complexity index is 589. The summed E-state index contributed by atoms with van der Waals surface area (Å²) in [4.78, 5) is 18.5. The Balaban J connectivity index is 2.52. The summed E-state index contributed by atoms with van der Waals surface area (Å²) in [5, 5.41) is 12.7. The minimum atomic E-state index is -0.982. The van der Waals surface area contributed by atoms with Crippen molar-refractivity contribution in [1.82, 2.24) is 9.97 Å². The Morgan fingerprint density at radius 2 is 2.12 bits per heavy atom. The topological polar surface area (TPSA) is 75.1 Å². The summed E-state index contributed by atoms with van der Waals surface area (Å²) in [5.74, 6) is -0.591. The summed E-state index contributed by atoms with van der Waals surface area (Å²) < 4.78 is 0. The second-order valence-corrected chi connectivity index (χ2v) is 4.10. The van der Waals surface area contributed by atoms with Crippen molar-refractivity contribution >= 4 is 45.9 Å². The zero-order chi connectivity index (χ0) is 12.4. The van der Waals surface area contributed by atoms with Crippen LogP contribution in [-0.2, 0) is 4.79 Å². The number of aliphatic carboxylic acids is 1. The molecule has 1 aromatic heterocycles. The molecule has 2 N–H and O–H groups in total. The summed E-state index contributed by atoms with van der Waals surface area (Å²) in [7, 11) is 0. The number of carbonyl (C=O) groups is 1. The van der Waals surface area contributed by atoms with E-state index in [4.69, 9.17) is 28.3 Å². The molecule has 0 bridgehead atoms. The maximum absolute atomic E-state index is 10.5. The highest BCUT2D eigenvalue weighted by molar-refractivity contribution is 6.38. The number of benzene rings is 1. The lowest BCUT2D eigenvalue weighted by atomic mass is 10.2. The highest BCUT2D eigenvalue weighted by Gasteiger charge is 2.09. The van der Waals surface area contributed by atoms with Gasteiger partial charge in [0.05, 0.1) is 10.5 Å². The number of halogens is 2. The fourth-order valence-corrected chi connectivity index (χ4v) is 1.93. The molecule has 2 rings (SSSR count). The number of anilines is 1. The van der Waals surface area contributed by atoms with Gasteiger partial charge in [-0.3, -0.25) is 4.79 Å². The molecule has 0 saturated carbocycles. The molecule has 2 aromatic rings. The number of nitrogens with one attached hydrogen (secondary N) is 1. The second-order valence-electron chi connectivity index (χ2n) is 3.25. The second kappa shape index (κ2) is 4.73. The summed E-state index contributed by atoms with van der Waals surface area (Å²) in [6.07, 6.45) is 1.31. The molecule has 0 spiro atoms. The van der Waals surface area contributed by atoms with Gasteiger partial charge in [0, 0.05) is 10.4 Å². The maximum atomic E-state index is 10.5. The highest BCUT2D eigenvalue weighted by atomic mass is 35.5.